The molecule has 1 aromatic rings. The molecule has 0 aliphatic carbocycles. The van der Waals surface area contributed by atoms with Gasteiger partial charge in [-0.05, 0) is 32.4 Å². The number of hydrogen-bond donors (Lipinski definition) is 1. The Morgan fingerprint density at radius 1 is 1.44 bits per heavy atom. The van der Waals surface area contributed by atoms with Gasteiger partial charge >= 0.3 is 0 Å². The van der Waals surface area contributed by atoms with Gasteiger partial charge in [0, 0.05) is 10.9 Å². The number of thioether (sulfide) groups is 1. The van der Waals surface area contributed by atoms with Crippen LogP contribution in [-0.2, 0) is 0 Å². The highest BCUT2D eigenvalue weighted by Gasteiger charge is 2.18. The van der Waals surface area contributed by atoms with Gasteiger partial charge in [-0.1, -0.05) is 18.7 Å². The van der Waals surface area contributed by atoms with Crippen molar-refractivity contribution in [1.29, 1.82) is 0 Å². The van der Waals surface area contributed by atoms with Gasteiger partial charge in [0.15, 0.2) is 5.17 Å². The molecule has 0 fully saturated rings. The molecule has 86 valence electrons. The van der Waals surface area contributed by atoms with Gasteiger partial charge in [-0.25, -0.2) is 0 Å². The van der Waals surface area contributed by atoms with Crippen LogP contribution in [0.15, 0.2) is 17.1 Å². The van der Waals surface area contributed by atoms with Crippen molar-refractivity contribution in [3.05, 3.63) is 23.5 Å². The van der Waals surface area contributed by atoms with Crippen molar-refractivity contribution < 1.29 is 0 Å². The van der Waals surface area contributed by atoms with Crippen molar-refractivity contribution in [3.8, 4) is 0 Å². The van der Waals surface area contributed by atoms with Crippen molar-refractivity contribution >= 4 is 22.6 Å². The Balaban J connectivity index is 2.05. The van der Waals surface area contributed by atoms with E-state index in [2.05, 4.69) is 28.3 Å². The van der Waals surface area contributed by atoms with Gasteiger partial charge < -0.3 is 5.32 Å². The highest BCUT2D eigenvalue weighted by Crippen LogP contribution is 2.25. The molecule has 4 heteroatoms. The lowest BCUT2D eigenvalue weighted by Crippen LogP contribution is -2.08. The monoisotopic (exact) mass is 235 g/mol. The zero-order valence-corrected chi connectivity index (χ0v) is 10.8. The third kappa shape index (κ3) is 2.55. The molecule has 16 heavy (non-hydrogen) atoms. The van der Waals surface area contributed by atoms with E-state index in [9.17, 15) is 0 Å². The Labute approximate surface area is 101 Å². The fourth-order valence-corrected chi connectivity index (χ4v) is 2.58. The molecule has 0 saturated heterocycles. The van der Waals surface area contributed by atoms with Crippen molar-refractivity contribution in [2.24, 2.45) is 4.99 Å². The van der Waals surface area contributed by atoms with Crippen LogP contribution in [0.3, 0.4) is 0 Å². The SMILES string of the molecule is CCC1CN=C(Nc2ccc(C)nc2C)S1. The first-order chi connectivity index (χ1) is 7.69. The van der Waals surface area contributed by atoms with Crippen LogP contribution < -0.4 is 5.32 Å². The Morgan fingerprint density at radius 3 is 2.88 bits per heavy atom. The summed E-state index contributed by atoms with van der Waals surface area (Å²) >= 11 is 1.83. The van der Waals surface area contributed by atoms with E-state index < -0.39 is 0 Å². The van der Waals surface area contributed by atoms with Crippen LogP contribution in [0.1, 0.15) is 24.7 Å². The maximum Gasteiger partial charge on any atom is 0.161 e. The van der Waals surface area contributed by atoms with E-state index in [1.165, 1.54) is 6.42 Å². The molecule has 1 unspecified atom stereocenters. The number of nitrogens with one attached hydrogen (secondary N) is 1. The van der Waals surface area contributed by atoms with Crippen molar-refractivity contribution in [3.63, 3.8) is 0 Å². The van der Waals surface area contributed by atoms with E-state index in [0.29, 0.717) is 5.25 Å². The van der Waals surface area contributed by atoms with Crippen molar-refractivity contribution in [2.75, 3.05) is 11.9 Å². The number of anilines is 1. The summed E-state index contributed by atoms with van der Waals surface area (Å²) in [4.78, 5) is 8.92. The third-order valence-corrected chi connectivity index (χ3v) is 3.91. The van der Waals surface area contributed by atoms with E-state index in [1.807, 2.05) is 31.7 Å². The fraction of sp³-hybridized carbons (Fsp3) is 0.500. The van der Waals surface area contributed by atoms with Gasteiger partial charge in [0.25, 0.3) is 0 Å². The molecule has 0 saturated carbocycles. The summed E-state index contributed by atoms with van der Waals surface area (Å²) in [5.74, 6) is 0. The minimum atomic E-state index is 0.640. The maximum atomic E-state index is 4.49. The molecule has 0 bridgehead atoms. The summed E-state index contributed by atoms with van der Waals surface area (Å²) in [5, 5.41) is 5.02. The molecule has 2 heterocycles. The highest BCUT2D eigenvalue weighted by atomic mass is 32.2. The van der Waals surface area contributed by atoms with Crippen molar-refractivity contribution in [2.45, 2.75) is 32.4 Å². The molecule has 1 atom stereocenters. The number of pyridine rings is 1. The largest absolute Gasteiger partial charge is 0.333 e. The van der Waals surface area contributed by atoms with Gasteiger partial charge in [-0.2, -0.15) is 0 Å². The molecule has 1 N–H and O–H groups in total. The zero-order valence-electron chi connectivity index (χ0n) is 9.95. The minimum Gasteiger partial charge on any atom is -0.333 e. The predicted octanol–water partition coefficient (Wildman–Crippen LogP) is 2.99. The number of aliphatic imine (C=N–C) groups is 1. The molecule has 0 spiro atoms. The van der Waals surface area contributed by atoms with Crippen LogP contribution in [0.25, 0.3) is 0 Å². The van der Waals surface area contributed by atoms with Gasteiger partial charge in [0.05, 0.1) is 17.9 Å². The summed E-state index contributed by atoms with van der Waals surface area (Å²) in [6.45, 7) is 7.16. The summed E-state index contributed by atoms with van der Waals surface area (Å²) in [6, 6.07) is 4.09. The number of aryl methyl sites for hydroxylation is 2. The first-order valence-electron chi connectivity index (χ1n) is 5.61. The molecule has 0 aromatic carbocycles. The number of aromatic nitrogens is 1. The maximum absolute atomic E-state index is 4.49. The van der Waals surface area contributed by atoms with Gasteiger partial charge in [0.2, 0.25) is 0 Å². The molecule has 1 aliphatic rings. The van der Waals surface area contributed by atoms with Crippen LogP contribution in [0.5, 0.6) is 0 Å². The van der Waals surface area contributed by atoms with E-state index in [0.717, 1.165) is 28.8 Å². The lowest BCUT2D eigenvalue weighted by atomic mass is 10.3. The van der Waals surface area contributed by atoms with Crippen LogP contribution in [0.4, 0.5) is 5.69 Å². The Bertz CT molecular complexity index is 415. The lowest BCUT2D eigenvalue weighted by molar-refractivity contribution is 0.843. The molecular formula is C12H17N3S. The number of hydrogen-bond acceptors (Lipinski definition) is 4. The van der Waals surface area contributed by atoms with Crippen molar-refractivity contribution in [1.82, 2.24) is 4.98 Å². The highest BCUT2D eigenvalue weighted by molar-refractivity contribution is 8.15. The van der Waals surface area contributed by atoms with Gasteiger partial charge in [0.1, 0.15) is 0 Å². The summed E-state index contributed by atoms with van der Waals surface area (Å²) in [6.07, 6.45) is 1.17. The van der Waals surface area contributed by atoms with E-state index in [1.54, 1.807) is 0 Å². The molecule has 0 radical (unpaired) electrons. The normalized spacial score (nSPS) is 19.7. The lowest BCUT2D eigenvalue weighted by Gasteiger charge is -2.09. The Hall–Kier alpha value is -1.03. The van der Waals surface area contributed by atoms with Gasteiger partial charge in [-0.15, -0.1) is 0 Å². The average Bonchev–Trinajstić information content (AvgIpc) is 2.70. The minimum absolute atomic E-state index is 0.640. The molecule has 2 rings (SSSR count). The molecule has 1 aromatic heterocycles. The predicted molar refractivity (Wildman–Crippen MR) is 71.3 cm³/mol. The summed E-state index contributed by atoms with van der Waals surface area (Å²) in [5.41, 5.74) is 3.15. The Morgan fingerprint density at radius 2 is 2.25 bits per heavy atom. The quantitative estimate of drug-likeness (QED) is 0.856. The number of nitrogens with zero attached hydrogens (tertiary/aromatic N) is 2. The first kappa shape index (κ1) is 11.5. The second kappa shape index (κ2) is 4.87. The average molecular weight is 235 g/mol. The van der Waals surface area contributed by atoms with E-state index in [-0.39, 0.29) is 0 Å². The fourth-order valence-electron chi connectivity index (χ4n) is 1.63. The topological polar surface area (TPSA) is 37.3 Å². The summed E-state index contributed by atoms with van der Waals surface area (Å²) < 4.78 is 0. The van der Waals surface area contributed by atoms with Crippen LogP contribution in [0, 0.1) is 13.8 Å². The second-order valence-corrected chi connectivity index (χ2v) is 5.29. The van der Waals surface area contributed by atoms with Crippen LogP contribution >= 0.6 is 11.8 Å². The third-order valence-electron chi connectivity index (χ3n) is 2.64. The van der Waals surface area contributed by atoms with Gasteiger partial charge in [-0.3, -0.25) is 9.98 Å². The number of amidine groups is 1. The Kier molecular flexibility index (Phi) is 3.49. The van der Waals surface area contributed by atoms with E-state index >= 15 is 0 Å². The smallest absolute Gasteiger partial charge is 0.161 e. The summed E-state index contributed by atoms with van der Waals surface area (Å²) in [7, 11) is 0. The van der Waals surface area contributed by atoms with Crippen LogP contribution in [-0.4, -0.2) is 21.9 Å². The molecule has 0 amide bonds. The number of rotatable bonds is 2. The molecular weight excluding hydrogens is 218 g/mol. The second-order valence-electron chi connectivity index (χ2n) is 4.00. The first-order valence-corrected chi connectivity index (χ1v) is 6.49. The standard InChI is InChI=1S/C12H17N3S/c1-4-10-7-13-12(16-10)15-11-6-5-8(2)14-9(11)3/h5-6,10H,4,7H2,1-3H3,(H,13,15). The zero-order chi connectivity index (χ0) is 11.5. The molecule has 1 aliphatic heterocycles. The molecule has 3 nitrogen and oxygen atoms in total. The van der Waals surface area contributed by atoms with E-state index in [4.69, 9.17) is 0 Å². The van der Waals surface area contributed by atoms with Crippen LogP contribution in [0.2, 0.25) is 0 Å².